The molecule has 0 bridgehead atoms. The Bertz CT molecular complexity index is 290. The molecule has 1 aromatic heterocycles. The molecule has 0 saturated carbocycles. The molecule has 0 aliphatic heterocycles. The van der Waals surface area contributed by atoms with Gasteiger partial charge in [0.2, 0.25) is 0 Å². The summed E-state index contributed by atoms with van der Waals surface area (Å²) >= 11 is 1.41. The number of nitrogen functional groups attached to an aromatic ring is 1. The molecule has 0 atom stereocenters. The molecule has 0 fully saturated rings. The summed E-state index contributed by atoms with van der Waals surface area (Å²) in [5, 5.41) is 0.681. The van der Waals surface area contributed by atoms with E-state index in [1.165, 1.54) is 11.8 Å². The van der Waals surface area contributed by atoms with E-state index in [-0.39, 0.29) is 5.91 Å². The number of hydrazine groups is 1. The predicted octanol–water partition coefficient (Wildman–Crippen LogP) is 0.407. The number of nitrogens with two attached hydrogens (primary N) is 1. The largest absolute Gasteiger partial charge is 0.290 e. The smallest absolute Gasteiger partial charge is 0.267 e. The first-order valence-electron chi connectivity index (χ1n) is 3.29. The Morgan fingerprint density at radius 2 is 2.50 bits per heavy atom. The van der Waals surface area contributed by atoms with Crippen LogP contribution in [0, 0.1) is 0 Å². The molecule has 12 heavy (non-hydrogen) atoms. The molecule has 0 aromatic carbocycles. The molecule has 3 N–H and O–H groups in total. The molecule has 1 heterocycles. The van der Waals surface area contributed by atoms with E-state index in [4.69, 9.17) is 5.84 Å². The third-order valence-corrected chi connectivity index (χ3v) is 2.05. The van der Waals surface area contributed by atoms with Crippen molar-refractivity contribution in [1.29, 1.82) is 0 Å². The molecule has 0 spiro atoms. The molecule has 1 amide bonds. The monoisotopic (exact) mass is 183 g/mol. The van der Waals surface area contributed by atoms with Gasteiger partial charge in [0, 0.05) is 6.20 Å². The normalized spacial score (nSPS) is 9.50. The number of hydrogen-bond donors (Lipinski definition) is 2. The Balaban J connectivity index is 3.04. The van der Waals surface area contributed by atoms with Crippen LogP contribution in [0.15, 0.2) is 23.4 Å². The first-order valence-corrected chi connectivity index (χ1v) is 4.52. The minimum Gasteiger partial charge on any atom is -0.290 e. The van der Waals surface area contributed by atoms with Gasteiger partial charge in [0.05, 0.1) is 5.56 Å². The summed E-state index contributed by atoms with van der Waals surface area (Å²) in [4.78, 5) is 15.1. The highest BCUT2D eigenvalue weighted by Crippen LogP contribution is 2.15. The van der Waals surface area contributed by atoms with Crippen molar-refractivity contribution in [2.45, 2.75) is 5.03 Å². The van der Waals surface area contributed by atoms with Crippen molar-refractivity contribution >= 4 is 17.7 Å². The van der Waals surface area contributed by atoms with Crippen molar-refractivity contribution < 1.29 is 4.79 Å². The average Bonchev–Trinajstić information content (AvgIpc) is 2.16. The minimum atomic E-state index is -0.313. The lowest BCUT2D eigenvalue weighted by molar-refractivity contribution is 0.0950. The van der Waals surface area contributed by atoms with E-state index in [9.17, 15) is 4.79 Å². The van der Waals surface area contributed by atoms with Gasteiger partial charge in [-0.25, -0.2) is 10.8 Å². The maximum absolute atomic E-state index is 11.1. The van der Waals surface area contributed by atoms with Crippen molar-refractivity contribution in [2.24, 2.45) is 5.84 Å². The molecule has 1 aromatic rings. The van der Waals surface area contributed by atoms with Gasteiger partial charge in [-0.15, -0.1) is 11.8 Å². The summed E-state index contributed by atoms with van der Waals surface area (Å²) in [5.74, 6) is 4.68. The lowest BCUT2D eigenvalue weighted by Crippen LogP contribution is -2.30. The van der Waals surface area contributed by atoms with Gasteiger partial charge in [-0.1, -0.05) is 0 Å². The van der Waals surface area contributed by atoms with E-state index in [0.29, 0.717) is 10.6 Å². The molecule has 0 aliphatic rings. The fourth-order valence-electron chi connectivity index (χ4n) is 0.804. The number of amides is 1. The Morgan fingerprint density at radius 3 is 3.08 bits per heavy atom. The molecule has 0 unspecified atom stereocenters. The molecule has 1 rings (SSSR count). The van der Waals surface area contributed by atoms with Gasteiger partial charge in [-0.3, -0.25) is 10.2 Å². The van der Waals surface area contributed by atoms with Crippen LogP contribution in [0.4, 0.5) is 0 Å². The Morgan fingerprint density at radius 1 is 1.75 bits per heavy atom. The van der Waals surface area contributed by atoms with Crippen LogP contribution >= 0.6 is 11.8 Å². The van der Waals surface area contributed by atoms with Crippen molar-refractivity contribution in [3.05, 3.63) is 23.9 Å². The summed E-state index contributed by atoms with van der Waals surface area (Å²) in [6.07, 6.45) is 3.49. The summed E-state index contributed by atoms with van der Waals surface area (Å²) in [6, 6.07) is 3.38. The number of rotatable bonds is 2. The van der Waals surface area contributed by atoms with Crippen LogP contribution in [0.3, 0.4) is 0 Å². The van der Waals surface area contributed by atoms with E-state index in [2.05, 4.69) is 10.4 Å². The number of carbonyl (C=O) groups is 1. The second kappa shape index (κ2) is 4.08. The summed E-state index contributed by atoms with van der Waals surface area (Å²) in [6.45, 7) is 0. The van der Waals surface area contributed by atoms with Crippen molar-refractivity contribution in [2.75, 3.05) is 6.26 Å². The third-order valence-electron chi connectivity index (χ3n) is 1.34. The van der Waals surface area contributed by atoms with Crippen LogP contribution in [0.2, 0.25) is 0 Å². The SMILES string of the molecule is CSc1ncccc1C(=O)NN. The number of nitrogens with one attached hydrogen (secondary N) is 1. The lowest BCUT2D eigenvalue weighted by Gasteiger charge is -2.02. The Labute approximate surface area is 74.5 Å². The van der Waals surface area contributed by atoms with Crippen LogP contribution in [0.1, 0.15) is 10.4 Å². The fourth-order valence-corrected chi connectivity index (χ4v) is 1.35. The first kappa shape index (κ1) is 9.02. The van der Waals surface area contributed by atoms with Crippen molar-refractivity contribution in [3.8, 4) is 0 Å². The highest BCUT2D eigenvalue weighted by molar-refractivity contribution is 7.98. The van der Waals surface area contributed by atoms with E-state index >= 15 is 0 Å². The minimum absolute atomic E-state index is 0.313. The van der Waals surface area contributed by atoms with Gasteiger partial charge in [0.15, 0.2) is 0 Å². The molecule has 0 saturated heterocycles. The second-order valence-electron chi connectivity index (χ2n) is 2.03. The van der Waals surface area contributed by atoms with Gasteiger partial charge in [-0.2, -0.15) is 0 Å². The number of hydrogen-bond acceptors (Lipinski definition) is 4. The maximum atomic E-state index is 11.1. The maximum Gasteiger partial charge on any atom is 0.267 e. The van der Waals surface area contributed by atoms with E-state index in [1.54, 1.807) is 18.3 Å². The summed E-state index contributed by atoms with van der Waals surface area (Å²) < 4.78 is 0. The first-order chi connectivity index (χ1) is 5.79. The number of pyridine rings is 1. The second-order valence-corrected chi connectivity index (χ2v) is 2.83. The molecule has 0 radical (unpaired) electrons. The van der Waals surface area contributed by atoms with Gasteiger partial charge in [-0.05, 0) is 18.4 Å². The fraction of sp³-hybridized carbons (Fsp3) is 0.143. The average molecular weight is 183 g/mol. The number of carbonyl (C=O) groups excluding carboxylic acids is 1. The quantitative estimate of drug-likeness (QED) is 0.301. The number of thioether (sulfide) groups is 1. The van der Waals surface area contributed by atoms with Crippen LogP contribution in [-0.2, 0) is 0 Å². The zero-order valence-electron chi connectivity index (χ0n) is 6.57. The van der Waals surface area contributed by atoms with E-state index in [1.807, 2.05) is 6.26 Å². The van der Waals surface area contributed by atoms with Gasteiger partial charge in [0.25, 0.3) is 5.91 Å². The molecular weight excluding hydrogens is 174 g/mol. The van der Waals surface area contributed by atoms with Gasteiger partial charge in [0.1, 0.15) is 5.03 Å². The van der Waals surface area contributed by atoms with Crippen LogP contribution in [0.5, 0.6) is 0 Å². The zero-order chi connectivity index (χ0) is 8.97. The van der Waals surface area contributed by atoms with Crippen LogP contribution in [0.25, 0.3) is 0 Å². The highest BCUT2D eigenvalue weighted by Gasteiger charge is 2.08. The number of nitrogens with zero attached hydrogens (tertiary/aromatic N) is 1. The topological polar surface area (TPSA) is 68.0 Å². The molecule has 4 nitrogen and oxygen atoms in total. The Hall–Kier alpha value is -1.07. The third kappa shape index (κ3) is 1.75. The van der Waals surface area contributed by atoms with Crippen molar-refractivity contribution in [3.63, 3.8) is 0 Å². The standard InChI is InChI=1S/C7H9N3OS/c1-12-7-5(6(11)10-8)3-2-4-9-7/h2-4H,8H2,1H3,(H,10,11). The van der Waals surface area contributed by atoms with Gasteiger partial charge >= 0.3 is 0 Å². The van der Waals surface area contributed by atoms with Crippen LogP contribution in [-0.4, -0.2) is 17.1 Å². The van der Waals surface area contributed by atoms with E-state index < -0.39 is 0 Å². The highest BCUT2D eigenvalue weighted by atomic mass is 32.2. The zero-order valence-corrected chi connectivity index (χ0v) is 7.39. The van der Waals surface area contributed by atoms with Gasteiger partial charge < -0.3 is 0 Å². The van der Waals surface area contributed by atoms with E-state index in [0.717, 1.165) is 0 Å². The Kier molecular flexibility index (Phi) is 3.07. The predicted molar refractivity (Wildman–Crippen MR) is 47.7 cm³/mol. The molecule has 64 valence electrons. The van der Waals surface area contributed by atoms with Crippen LogP contribution < -0.4 is 11.3 Å². The lowest BCUT2D eigenvalue weighted by atomic mass is 10.3. The molecule has 5 heteroatoms. The molecule has 0 aliphatic carbocycles. The summed E-state index contributed by atoms with van der Waals surface area (Å²) in [7, 11) is 0. The van der Waals surface area contributed by atoms with Crippen molar-refractivity contribution in [1.82, 2.24) is 10.4 Å². The summed E-state index contributed by atoms with van der Waals surface area (Å²) in [5.41, 5.74) is 2.57. The molecular formula is C7H9N3OS. The number of aromatic nitrogens is 1.